The van der Waals surface area contributed by atoms with Crippen LogP contribution in [0.4, 0.5) is 4.79 Å². The minimum absolute atomic E-state index is 0.00627. The third kappa shape index (κ3) is 3.67. The fourth-order valence-corrected chi connectivity index (χ4v) is 3.41. The van der Waals surface area contributed by atoms with E-state index in [1.165, 1.54) is 18.4 Å². The van der Waals surface area contributed by atoms with E-state index >= 15 is 0 Å². The number of aryl methyl sites for hydroxylation is 1. The van der Waals surface area contributed by atoms with Crippen molar-refractivity contribution >= 4 is 6.03 Å². The van der Waals surface area contributed by atoms with E-state index < -0.39 is 0 Å². The van der Waals surface area contributed by atoms with Crippen LogP contribution in [0, 0.1) is 6.92 Å². The molecule has 132 valence electrons. The maximum atomic E-state index is 12.7. The first kappa shape index (κ1) is 16.1. The highest BCUT2D eigenvalue weighted by atomic mass is 16.2. The van der Waals surface area contributed by atoms with Crippen LogP contribution in [0.3, 0.4) is 0 Å². The third-order valence-corrected chi connectivity index (χ3v) is 5.11. The molecular weight excluding hydrogens is 314 g/mol. The Morgan fingerprint density at radius 3 is 2.80 bits per heavy atom. The molecular formula is C19H25N5O. The number of carbonyl (C=O) groups is 1. The minimum atomic E-state index is -0.0188. The van der Waals surface area contributed by atoms with Gasteiger partial charge in [0, 0.05) is 19.0 Å². The van der Waals surface area contributed by atoms with E-state index in [1.807, 2.05) is 4.90 Å². The number of benzene rings is 1. The van der Waals surface area contributed by atoms with Gasteiger partial charge in [-0.25, -0.2) is 9.78 Å². The molecule has 0 radical (unpaired) electrons. The topological polar surface area (TPSA) is 73.9 Å². The molecule has 1 atom stereocenters. The fourth-order valence-electron chi connectivity index (χ4n) is 3.41. The minimum Gasteiger partial charge on any atom is -0.334 e. The van der Waals surface area contributed by atoms with Crippen molar-refractivity contribution in [3.63, 3.8) is 0 Å². The number of urea groups is 1. The summed E-state index contributed by atoms with van der Waals surface area (Å²) in [5.41, 5.74) is 2.34. The van der Waals surface area contributed by atoms with E-state index in [0.717, 1.165) is 43.0 Å². The highest BCUT2D eigenvalue weighted by molar-refractivity contribution is 5.74. The van der Waals surface area contributed by atoms with Gasteiger partial charge >= 0.3 is 6.03 Å². The lowest BCUT2D eigenvalue weighted by atomic mass is 10.0. The Hall–Kier alpha value is -2.37. The molecule has 6 heteroatoms. The number of aromatic nitrogens is 3. The van der Waals surface area contributed by atoms with Crippen molar-refractivity contribution in [2.75, 3.05) is 6.54 Å². The van der Waals surface area contributed by atoms with E-state index in [-0.39, 0.29) is 12.1 Å². The Morgan fingerprint density at radius 1 is 1.24 bits per heavy atom. The first-order valence-corrected chi connectivity index (χ1v) is 9.23. The van der Waals surface area contributed by atoms with Crippen LogP contribution < -0.4 is 5.32 Å². The third-order valence-electron chi connectivity index (χ3n) is 5.11. The molecule has 25 heavy (non-hydrogen) atoms. The van der Waals surface area contributed by atoms with E-state index in [4.69, 9.17) is 0 Å². The van der Waals surface area contributed by atoms with Gasteiger partial charge in [-0.05, 0) is 44.6 Å². The van der Waals surface area contributed by atoms with Gasteiger partial charge in [0.1, 0.15) is 5.82 Å². The molecule has 2 aliphatic rings. The Bertz CT molecular complexity index is 735. The van der Waals surface area contributed by atoms with Crippen LogP contribution in [-0.2, 0) is 6.54 Å². The average Bonchev–Trinajstić information content (AvgIpc) is 3.38. The van der Waals surface area contributed by atoms with Crippen molar-refractivity contribution < 1.29 is 4.79 Å². The zero-order chi connectivity index (χ0) is 17.2. The average molecular weight is 339 g/mol. The van der Waals surface area contributed by atoms with Gasteiger partial charge in [-0.3, -0.25) is 5.10 Å². The van der Waals surface area contributed by atoms with Crippen LogP contribution in [0.1, 0.15) is 66.8 Å². The molecule has 6 nitrogen and oxygen atoms in total. The van der Waals surface area contributed by atoms with Crippen molar-refractivity contribution in [2.24, 2.45) is 0 Å². The number of likely N-dealkylation sites (tertiary alicyclic amines) is 1. The summed E-state index contributed by atoms with van der Waals surface area (Å²) < 4.78 is 0. The number of piperidine rings is 1. The summed E-state index contributed by atoms with van der Waals surface area (Å²) in [6.45, 7) is 3.38. The Morgan fingerprint density at radius 2 is 2.04 bits per heavy atom. The van der Waals surface area contributed by atoms with Gasteiger partial charge < -0.3 is 10.2 Å². The molecule has 1 saturated heterocycles. The maximum absolute atomic E-state index is 12.7. The molecule has 1 aliphatic heterocycles. The molecule has 1 saturated carbocycles. The molecule has 1 aromatic heterocycles. The van der Waals surface area contributed by atoms with Gasteiger partial charge in [0.05, 0.1) is 6.04 Å². The van der Waals surface area contributed by atoms with E-state index in [9.17, 15) is 4.79 Å². The predicted molar refractivity (Wildman–Crippen MR) is 95.1 cm³/mol. The normalized spacial score (nSPS) is 20.5. The molecule has 0 spiro atoms. The second-order valence-corrected chi connectivity index (χ2v) is 7.20. The summed E-state index contributed by atoms with van der Waals surface area (Å²) in [6.07, 6.45) is 5.46. The first-order chi connectivity index (χ1) is 12.2. The Labute approximate surface area is 148 Å². The smallest absolute Gasteiger partial charge is 0.318 e. The van der Waals surface area contributed by atoms with Crippen LogP contribution in [-0.4, -0.2) is 32.7 Å². The second kappa shape index (κ2) is 6.86. The van der Waals surface area contributed by atoms with Crippen molar-refractivity contribution in [1.29, 1.82) is 0 Å². The molecule has 2 aromatic rings. The van der Waals surface area contributed by atoms with E-state index in [1.54, 1.807) is 0 Å². The Kier molecular flexibility index (Phi) is 4.42. The number of aromatic amines is 1. The van der Waals surface area contributed by atoms with Gasteiger partial charge in [0.25, 0.3) is 0 Å². The van der Waals surface area contributed by atoms with Gasteiger partial charge in [-0.2, -0.15) is 5.10 Å². The number of rotatable bonds is 4. The lowest BCUT2D eigenvalue weighted by Gasteiger charge is -2.34. The van der Waals surface area contributed by atoms with Crippen LogP contribution >= 0.6 is 0 Å². The summed E-state index contributed by atoms with van der Waals surface area (Å²) in [5, 5.41) is 10.5. The van der Waals surface area contributed by atoms with Crippen LogP contribution in [0.2, 0.25) is 0 Å². The van der Waals surface area contributed by atoms with E-state index in [2.05, 4.69) is 51.7 Å². The number of nitrogens with one attached hydrogen (secondary N) is 2. The fraction of sp³-hybridized carbons (Fsp3) is 0.526. The number of amides is 2. The van der Waals surface area contributed by atoms with Crippen molar-refractivity contribution in [3.8, 4) is 0 Å². The highest BCUT2D eigenvalue weighted by Gasteiger charge is 2.33. The first-order valence-electron chi connectivity index (χ1n) is 9.23. The van der Waals surface area contributed by atoms with Crippen molar-refractivity contribution in [2.45, 2.75) is 57.5 Å². The highest BCUT2D eigenvalue weighted by Crippen LogP contribution is 2.39. The zero-order valence-corrected chi connectivity index (χ0v) is 14.7. The monoisotopic (exact) mass is 339 g/mol. The molecule has 2 N–H and O–H groups in total. The van der Waals surface area contributed by atoms with Crippen LogP contribution in [0.5, 0.6) is 0 Å². The molecule has 1 aliphatic carbocycles. The molecule has 1 aromatic carbocycles. The Balaban J connectivity index is 1.42. The van der Waals surface area contributed by atoms with Crippen molar-refractivity contribution in [1.82, 2.24) is 25.4 Å². The molecule has 0 bridgehead atoms. The second-order valence-electron chi connectivity index (χ2n) is 7.20. The zero-order valence-electron chi connectivity index (χ0n) is 14.7. The number of hydrogen-bond acceptors (Lipinski definition) is 3. The number of hydrogen-bond donors (Lipinski definition) is 2. The molecule has 1 unspecified atom stereocenters. The number of carbonyl (C=O) groups excluding carboxylic acids is 1. The van der Waals surface area contributed by atoms with Crippen LogP contribution in [0.15, 0.2) is 24.3 Å². The van der Waals surface area contributed by atoms with Crippen LogP contribution in [0.25, 0.3) is 0 Å². The lowest BCUT2D eigenvalue weighted by Crippen LogP contribution is -2.44. The largest absolute Gasteiger partial charge is 0.334 e. The van der Waals surface area contributed by atoms with Gasteiger partial charge in [-0.1, -0.05) is 29.8 Å². The van der Waals surface area contributed by atoms with E-state index in [0.29, 0.717) is 12.5 Å². The quantitative estimate of drug-likeness (QED) is 0.896. The number of nitrogens with zero attached hydrogens (tertiary/aromatic N) is 3. The molecule has 4 rings (SSSR count). The molecule has 2 heterocycles. The summed E-state index contributed by atoms with van der Waals surface area (Å²) in [4.78, 5) is 19.3. The summed E-state index contributed by atoms with van der Waals surface area (Å²) in [6, 6.07) is 8.24. The SMILES string of the molecule is Cc1ccc(CNC(=O)N2CCCCC2c2nc(C3CC3)n[nH]2)cc1. The molecule has 2 fully saturated rings. The van der Waals surface area contributed by atoms with Crippen molar-refractivity contribution in [3.05, 3.63) is 47.0 Å². The number of H-pyrrole nitrogens is 1. The molecule has 2 amide bonds. The summed E-state index contributed by atoms with van der Waals surface area (Å²) >= 11 is 0. The predicted octanol–water partition coefficient (Wildman–Crippen LogP) is 3.43. The van der Waals surface area contributed by atoms with Gasteiger partial charge in [0.15, 0.2) is 5.82 Å². The summed E-state index contributed by atoms with van der Waals surface area (Å²) in [5.74, 6) is 2.28. The standard InChI is InChI=1S/C19H25N5O/c1-13-5-7-14(8-6-13)12-20-19(25)24-11-3-2-4-16(24)18-21-17(22-23-18)15-9-10-15/h5-8,15-16H,2-4,9-12H2,1H3,(H,20,25)(H,21,22,23). The maximum Gasteiger partial charge on any atom is 0.318 e. The summed E-state index contributed by atoms with van der Waals surface area (Å²) in [7, 11) is 0. The van der Waals surface area contributed by atoms with Gasteiger partial charge in [-0.15, -0.1) is 0 Å². The lowest BCUT2D eigenvalue weighted by molar-refractivity contribution is 0.147. The van der Waals surface area contributed by atoms with Gasteiger partial charge in [0.2, 0.25) is 0 Å².